The van der Waals surface area contributed by atoms with Crippen LogP contribution < -0.4 is 51.4 Å². The summed E-state index contributed by atoms with van der Waals surface area (Å²) in [6.07, 6.45) is 1.34. The van der Waals surface area contributed by atoms with E-state index in [1.807, 2.05) is 30.3 Å². The van der Waals surface area contributed by atoms with Gasteiger partial charge in [0.1, 0.15) is 62.3 Å². The Morgan fingerprint density at radius 1 is 0.481 bits per heavy atom. The van der Waals surface area contributed by atoms with Crippen molar-refractivity contribution in [3.63, 3.8) is 0 Å². The molecule has 3 amide bonds. The zero-order valence-corrected chi connectivity index (χ0v) is 74.7. The van der Waals surface area contributed by atoms with Crippen molar-refractivity contribution in [1.82, 2.24) is 29.9 Å². The van der Waals surface area contributed by atoms with Crippen molar-refractivity contribution in [3.8, 4) is 17.2 Å². The van der Waals surface area contributed by atoms with Gasteiger partial charge in [0, 0.05) is 166 Å². The Hall–Kier alpha value is -6.75. The van der Waals surface area contributed by atoms with Crippen LogP contribution in [0.15, 0.2) is 114 Å². The van der Waals surface area contributed by atoms with Crippen LogP contribution in [0.4, 0.5) is 31.8 Å². The van der Waals surface area contributed by atoms with E-state index in [0.29, 0.717) is 16.3 Å². The molecule has 0 saturated carbocycles. The number of pyridine rings is 6. The molecule has 0 aliphatic carbocycles. The number of aromatic nitrogens is 6. The molecule has 0 spiro atoms. The van der Waals surface area contributed by atoms with Crippen molar-refractivity contribution in [2.45, 2.75) is 97.5 Å². The number of aromatic hydroxyl groups is 1. The first-order valence-corrected chi connectivity index (χ1v) is 33.2. The molecule has 2 aromatic carbocycles. The van der Waals surface area contributed by atoms with Gasteiger partial charge in [-0.3, -0.25) is 29.3 Å². The number of methoxy groups -OCH3 is 3. The SMILES string of the molecule is CC(C)(C)OC([NH-])=O.CC(C)(C)OC([NH-])=O.CC(C)(C)OC([NH-])=O.COC(=O)c1nc(N(C)[S-](=O)=O)c2cccnc2c1O.COC(=O)c1nc(N(C)[S-](=O)=O)c2cccnc2c1OCc1ccccc1.COC(=O)c1nc(N(C)[S-](=O)=O)c2cccnc2c1OS(=O)(=O)c1ccc(C)cc1.[CH3-].[Na+].[Y].[Y].[Y]. The van der Waals surface area contributed by atoms with Gasteiger partial charge in [0.2, 0.25) is 24.0 Å². The Morgan fingerprint density at radius 3 is 1.11 bits per heavy atom. The Bertz CT molecular complexity index is 4580. The van der Waals surface area contributed by atoms with E-state index in [9.17, 15) is 67.5 Å². The summed E-state index contributed by atoms with van der Waals surface area (Å²) in [4.78, 5) is 90.1. The summed E-state index contributed by atoms with van der Waals surface area (Å²) in [7, 11) is -5.04. The van der Waals surface area contributed by atoms with Crippen molar-refractivity contribution in [1.29, 1.82) is 0 Å². The van der Waals surface area contributed by atoms with Crippen LogP contribution in [0.25, 0.3) is 49.9 Å². The number of anilines is 3. The van der Waals surface area contributed by atoms with Crippen molar-refractivity contribution in [2.24, 2.45) is 0 Å². The molecule has 0 aliphatic heterocycles. The van der Waals surface area contributed by atoms with E-state index in [0.717, 1.165) is 38.3 Å². The average molecular weight is 1790 g/mol. The van der Waals surface area contributed by atoms with E-state index in [-0.39, 0.29) is 192 Å². The number of carbonyl (C=O) groups excluding carboxylic acids is 6. The maximum Gasteiger partial charge on any atom is 1.00 e. The molecule has 35 nitrogen and oxygen atoms in total. The minimum atomic E-state index is -4.36. The predicted octanol–water partition coefficient (Wildman–Crippen LogP) is 8.96. The topological polar surface area (TPSA) is 492 Å². The number of aryl methyl sites for hydroxylation is 1. The predicted molar refractivity (Wildman–Crippen MR) is 374 cm³/mol. The maximum atomic E-state index is 12.8. The third-order valence-corrected chi connectivity index (χ3v) is 14.8. The number of hydrogen-bond acceptors (Lipinski definition) is 32. The number of benzene rings is 2. The van der Waals surface area contributed by atoms with Gasteiger partial charge in [0.25, 0.3) is 0 Å². The first-order chi connectivity index (χ1) is 46.9. The van der Waals surface area contributed by atoms with Crippen LogP contribution in [0.2, 0.25) is 0 Å². The molecule has 8 aromatic rings. The smallest absolute Gasteiger partial charge is 0.632 e. The molecule has 0 fully saturated rings. The fourth-order valence-corrected chi connectivity index (χ4v) is 9.36. The molecule has 4 N–H and O–H groups in total. The van der Waals surface area contributed by atoms with Crippen LogP contribution in [0.1, 0.15) is 105 Å². The quantitative estimate of drug-likeness (QED) is 0.0250. The number of hydrogen-bond donors (Lipinski definition) is 1. The van der Waals surface area contributed by atoms with E-state index in [1.54, 1.807) is 99.6 Å². The van der Waals surface area contributed by atoms with Gasteiger partial charge in [-0.1, -0.05) is 48.0 Å². The normalized spacial score (nSPS) is 10.5. The summed E-state index contributed by atoms with van der Waals surface area (Å²) >= 11 is 0. The van der Waals surface area contributed by atoms with Crippen LogP contribution in [0.5, 0.6) is 17.2 Å². The third kappa shape index (κ3) is 33.0. The number of rotatable bonds is 15. The van der Waals surface area contributed by atoms with Crippen LogP contribution >= 0.6 is 0 Å². The largest absolute Gasteiger partial charge is 1.00 e. The number of nitrogens with zero attached hydrogens (tertiary/aromatic N) is 9. The standard InChI is InChI=1S/C18H16N3O7S2.C18H16N3O5S.C11H10N3O5S.3C5H11NO2.CH3.Na.3Y/c1-11-6-8-12(9-7-11)30(25,26)28-16-14-13(5-4-10-19-14)17(21(2)29(23)24)20-15(16)18(22)27-3;1-21(27(23)24)17-13-9-6-10-19-14(13)16(15(20-17)18(22)25-2)26-11-12-7-4-3-5-8-12;1-14(20(17)18)10-6-4-3-5-12-7(6)9(15)8(13-10)11(16)19-2;3*1-5(2,3)8-4(6)7;;;;;/h4-10H,1-3H3;3-10H,11H2,1-2H3;3-5,15H,1-2H3;3*1-3H3,(H2,6,7);1H3;;;;/q3*-1;;;;-1;+1;;;/p-3. The van der Waals surface area contributed by atoms with Crippen LogP contribution in [0, 0.1) is 14.4 Å². The Balaban J connectivity index is -0.00000128. The average Bonchev–Trinajstić information content (AvgIpc) is 0.781. The first kappa shape index (κ1) is 103. The van der Waals surface area contributed by atoms with Gasteiger partial charge in [-0.05, 0) is 144 Å². The van der Waals surface area contributed by atoms with Crippen LogP contribution in [-0.2, 0) is 201 Å². The second kappa shape index (κ2) is 47.2. The molecule has 3 radical (unpaired) electrons. The molecule has 106 heavy (non-hydrogen) atoms. The zero-order chi connectivity index (χ0) is 76.7. The first-order valence-electron chi connectivity index (χ1n) is 28.7. The van der Waals surface area contributed by atoms with Crippen molar-refractivity contribution in [2.75, 3.05) is 55.4 Å². The second-order valence-electron chi connectivity index (χ2n) is 22.8. The molecule has 8 rings (SSSR count). The van der Waals surface area contributed by atoms with E-state index >= 15 is 0 Å². The molecule has 565 valence electrons. The molecule has 0 bridgehead atoms. The molecule has 6 heterocycles. The zero-order valence-electron chi connectivity index (χ0n) is 60.9. The fraction of sp³-hybridized carbons (Fsp3) is 0.317. The van der Waals surface area contributed by atoms with Gasteiger partial charge in [-0.15, -0.1) is 0 Å². The number of amides is 3. The monoisotopic (exact) mass is 1790 g/mol. The summed E-state index contributed by atoms with van der Waals surface area (Å²) in [6.45, 7) is 17.5. The van der Waals surface area contributed by atoms with Gasteiger partial charge in [-0.25, -0.2) is 29.3 Å². The van der Waals surface area contributed by atoms with E-state index in [4.69, 9.17) is 30.9 Å². The summed E-state index contributed by atoms with van der Waals surface area (Å²) in [5.74, 6) is -3.57. The maximum absolute atomic E-state index is 12.8. The minimum Gasteiger partial charge on any atom is -0.632 e. The van der Waals surface area contributed by atoms with Gasteiger partial charge in [-0.2, -0.15) is 8.42 Å². The molecule has 0 saturated heterocycles. The Labute approximate surface area is 716 Å². The molecular weight excluding hydrogens is 1710 g/mol. The summed E-state index contributed by atoms with van der Waals surface area (Å²) in [6, 6.07) is 24.7. The number of fused-ring (bicyclic) bond motifs is 3. The van der Waals surface area contributed by atoms with Gasteiger partial charge >= 0.3 is 57.6 Å². The van der Waals surface area contributed by atoms with Gasteiger partial charge in [0.15, 0.2) is 28.6 Å². The van der Waals surface area contributed by atoms with Gasteiger partial charge < -0.3 is 105 Å². The molecule has 43 heteroatoms. The summed E-state index contributed by atoms with van der Waals surface area (Å²) in [5, 5.41) is 10.9. The minimum absolute atomic E-state index is 0. The molecule has 0 atom stereocenters. The van der Waals surface area contributed by atoms with Crippen molar-refractivity contribution < 1.29 is 233 Å². The molecule has 0 aliphatic rings. The molecular formula is C63H75N12NaO23S4Y3-6. The number of carbonyl (C=O) groups is 6. The summed E-state index contributed by atoms with van der Waals surface area (Å²) < 4.78 is 134. The van der Waals surface area contributed by atoms with Crippen molar-refractivity contribution in [3.05, 3.63) is 162 Å². The van der Waals surface area contributed by atoms with E-state index in [1.165, 1.54) is 77.2 Å². The number of nitrogens with one attached hydrogen (secondary N) is 3. The third-order valence-electron chi connectivity index (χ3n) is 11.7. The van der Waals surface area contributed by atoms with Crippen molar-refractivity contribution >= 4 is 129 Å². The second-order valence-corrected chi connectivity index (χ2v) is 27.3. The molecule has 6 aromatic heterocycles. The van der Waals surface area contributed by atoms with E-state index in [2.05, 4.69) is 53.6 Å². The fourth-order valence-electron chi connectivity index (χ4n) is 7.58. The summed E-state index contributed by atoms with van der Waals surface area (Å²) in [5.41, 5.74) is 18.5. The Morgan fingerprint density at radius 2 is 0.792 bits per heavy atom. The number of ether oxygens (including phenoxy) is 7. The van der Waals surface area contributed by atoms with E-state index < -0.39 is 119 Å². The Kier molecular flexibility index (Phi) is 46.1. The van der Waals surface area contributed by atoms with Gasteiger partial charge in [0.05, 0.1) is 21.3 Å². The van der Waals surface area contributed by atoms with Crippen LogP contribution in [0.3, 0.4) is 0 Å². The van der Waals surface area contributed by atoms with Crippen LogP contribution in [-0.4, -0.2) is 139 Å². The molecule has 0 unspecified atom stereocenters. The number of esters is 3.